The maximum absolute atomic E-state index is 12.0. The van der Waals surface area contributed by atoms with Crippen molar-refractivity contribution in [3.8, 4) is 11.5 Å². The van der Waals surface area contributed by atoms with Crippen molar-refractivity contribution < 1.29 is 14.3 Å². The van der Waals surface area contributed by atoms with Crippen LogP contribution in [0.1, 0.15) is 19.4 Å². The van der Waals surface area contributed by atoms with Crippen LogP contribution >= 0.6 is 0 Å². The van der Waals surface area contributed by atoms with Gasteiger partial charge in [0, 0.05) is 12.6 Å². The minimum absolute atomic E-state index is 0.00245. The quantitative estimate of drug-likeness (QED) is 0.790. The summed E-state index contributed by atoms with van der Waals surface area (Å²) in [4.78, 5) is 12.0. The van der Waals surface area contributed by atoms with Crippen molar-refractivity contribution in [1.29, 1.82) is 0 Å². The second kappa shape index (κ2) is 7.75. The van der Waals surface area contributed by atoms with Crippen LogP contribution in [0.5, 0.6) is 11.5 Å². The standard InChI is InChI=1S/C15H24N2O3/c1-10(2)12(9-16)17-15(18)8-11-5-6-13(19-3)14(7-11)20-4/h5-7,10,12H,8-9,16H2,1-4H3,(H,17,18). The van der Waals surface area contributed by atoms with E-state index in [0.29, 0.717) is 30.4 Å². The first-order chi connectivity index (χ1) is 9.51. The van der Waals surface area contributed by atoms with Crippen molar-refractivity contribution in [1.82, 2.24) is 5.32 Å². The van der Waals surface area contributed by atoms with Crippen LogP contribution in [0.2, 0.25) is 0 Å². The van der Waals surface area contributed by atoms with E-state index < -0.39 is 0 Å². The predicted molar refractivity (Wildman–Crippen MR) is 79.1 cm³/mol. The zero-order valence-corrected chi connectivity index (χ0v) is 12.6. The molecule has 1 rings (SSSR count). The van der Waals surface area contributed by atoms with Crippen LogP contribution < -0.4 is 20.5 Å². The highest BCUT2D eigenvalue weighted by molar-refractivity contribution is 5.79. The van der Waals surface area contributed by atoms with Gasteiger partial charge in [0.2, 0.25) is 5.91 Å². The van der Waals surface area contributed by atoms with E-state index in [1.807, 2.05) is 26.0 Å². The van der Waals surface area contributed by atoms with E-state index in [-0.39, 0.29) is 11.9 Å². The molecule has 0 fully saturated rings. The number of ether oxygens (including phenoxy) is 2. The monoisotopic (exact) mass is 280 g/mol. The average Bonchev–Trinajstić information content (AvgIpc) is 2.44. The molecule has 1 amide bonds. The van der Waals surface area contributed by atoms with Crippen molar-refractivity contribution in [2.45, 2.75) is 26.3 Å². The third-order valence-corrected chi connectivity index (χ3v) is 3.22. The Kier molecular flexibility index (Phi) is 6.31. The van der Waals surface area contributed by atoms with E-state index in [1.165, 1.54) is 0 Å². The molecular formula is C15H24N2O3. The molecule has 0 heterocycles. The number of methoxy groups -OCH3 is 2. The Bertz CT molecular complexity index is 447. The zero-order valence-electron chi connectivity index (χ0n) is 12.6. The van der Waals surface area contributed by atoms with Gasteiger partial charge in [0.15, 0.2) is 11.5 Å². The highest BCUT2D eigenvalue weighted by atomic mass is 16.5. The number of hydrogen-bond acceptors (Lipinski definition) is 4. The number of amides is 1. The Balaban J connectivity index is 2.71. The average molecular weight is 280 g/mol. The van der Waals surface area contributed by atoms with Gasteiger partial charge in [-0.2, -0.15) is 0 Å². The molecule has 0 aromatic heterocycles. The first kappa shape index (κ1) is 16.3. The largest absolute Gasteiger partial charge is 0.493 e. The third-order valence-electron chi connectivity index (χ3n) is 3.22. The van der Waals surface area contributed by atoms with Gasteiger partial charge >= 0.3 is 0 Å². The van der Waals surface area contributed by atoms with Crippen molar-refractivity contribution in [3.05, 3.63) is 23.8 Å². The molecular weight excluding hydrogens is 256 g/mol. The number of carbonyl (C=O) groups is 1. The van der Waals surface area contributed by atoms with Crippen LogP contribution in [0, 0.1) is 5.92 Å². The van der Waals surface area contributed by atoms with Gasteiger partial charge in [-0.3, -0.25) is 4.79 Å². The van der Waals surface area contributed by atoms with E-state index in [0.717, 1.165) is 5.56 Å². The fraction of sp³-hybridized carbons (Fsp3) is 0.533. The Labute approximate surface area is 120 Å². The van der Waals surface area contributed by atoms with Crippen LogP contribution in [0.15, 0.2) is 18.2 Å². The summed E-state index contributed by atoms with van der Waals surface area (Å²) in [7, 11) is 3.16. The van der Waals surface area contributed by atoms with Gasteiger partial charge in [0.05, 0.1) is 20.6 Å². The normalized spacial score (nSPS) is 12.1. The second-order valence-corrected chi connectivity index (χ2v) is 5.02. The molecule has 3 N–H and O–H groups in total. The van der Waals surface area contributed by atoms with Gasteiger partial charge < -0.3 is 20.5 Å². The van der Waals surface area contributed by atoms with E-state index in [9.17, 15) is 4.79 Å². The lowest BCUT2D eigenvalue weighted by Gasteiger charge is -2.20. The van der Waals surface area contributed by atoms with Gasteiger partial charge in [-0.05, 0) is 23.6 Å². The van der Waals surface area contributed by atoms with Gasteiger partial charge in [-0.25, -0.2) is 0 Å². The van der Waals surface area contributed by atoms with Crippen LogP contribution in [0.25, 0.3) is 0 Å². The predicted octanol–water partition coefficient (Wildman–Crippen LogP) is 1.35. The second-order valence-electron chi connectivity index (χ2n) is 5.02. The number of nitrogens with one attached hydrogen (secondary N) is 1. The lowest BCUT2D eigenvalue weighted by atomic mass is 10.0. The highest BCUT2D eigenvalue weighted by Gasteiger charge is 2.15. The molecule has 0 spiro atoms. The summed E-state index contributed by atoms with van der Waals surface area (Å²) in [5.74, 6) is 1.55. The van der Waals surface area contributed by atoms with Crippen LogP contribution in [-0.4, -0.2) is 32.7 Å². The molecule has 1 atom stereocenters. The summed E-state index contributed by atoms with van der Waals surface area (Å²) in [6, 6.07) is 5.46. The molecule has 0 bridgehead atoms. The molecule has 1 unspecified atom stereocenters. The number of carbonyl (C=O) groups excluding carboxylic acids is 1. The van der Waals surface area contributed by atoms with Gasteiger partial charge in [0.1, 0.15) is 0 Å². The molecule has 1 aromatic carbocycles. The summed E-state index contributed by atoms with van der Waals surface area (Å²) in [5.41, 5.74) is 6.52. The number of rotatable bonds is 7. The number of benzene rings is 1. The summed E-state index contributed by atoms with van der Waals surface area (Å²) in [6.07, 6.45) is 0.295. The van der Waals surface area contributed by atoms with E-state index >= 15 is 0 Å². The number of hydrogen-bond donors (Lipinski definition) is 2. The SMILES string of the molecule is COc1ccc(CC(=O)NC(CN)C(C)C)cc1OC. The Hall–Kier alpha value is -1.75. The van der Waals surface area contributed by atoms with Gasteiger partial charge in [-0.15, -0.1) is 0 Å². The first-order valence-electron chi connectivity index (χ1n) is 6.72. The molecule has 0 aliphatic carbocycles. The molecule has 20 heavy (non-hydrogen) atoms. The Morgan fingerprint density at radius 3 is 2.40 bits per heavy atom. The molecule has 1 aromatic rings. The number of nitrogens with two attached hydrogens (primary N) is 1. The summed E-state index contributed by atoms with van der Waals surface area (Å²) < 4.78 is 10.4. The van der Waals surface area contributed by atoms with Crippen LogP contribution in [0.4, 0.5) is 0 Å². The maximum atomic E-state index is 12.0. The molecule has 0 radical (unpaired) electrons. The van der Waals surface area contributed by atoms with E-state index in [2.05, 4.69) is 5.32 Å². The summed E-state index contributed by atoms with van der Waals surface area (Å²) in [6.45, 7) is 4.51. The Morgan fingerprint density at radius 2 is 1.90 bits per heavy atom. The molecule has 112 valence electrons. The van der Waals surface area contributed by atoms with Gasteiger partial charge in [-0.1, -0.05) is 19.9 Å². The van der Waals surface area contributed by atoms with Crippen molar-refractivity contribution >= 4 is 5.91 Å². The minimum Gasteiger partial charge on any atom is -0.493 e. The van der Waals surface area contributed by atoms with Gasteiger partial charge in [0.25, 0.3) is 0 Å². The summed E-state index contributed by atoms with van der Waals surface area (Å²) >= 11 is 0. The van der Waals surface area contributed by atoms with Crippen molar-refractivity contribution in [2.75, 3.05) is 20.8 Å². The van der Waals surface area contributed by atoms with Crippen LogP contribution in [-0.2, 0) is 11.2 Å². The topological polar surface area (TPSA) is 73.6 Å². The molecule has 0 saturated heterocycles. The lowest BCUT2D eigenvalue weighted by molar-refractivity contribution is -0.121. The van der Waals surface area contributed by atoms with E-state index in [1.54, 1.807) is 20.3 Å². The third kappa shape index (κ3) is 4.42. The summed E-state index contributed by atoms with van der Waals surface area (Å²) in [5, 5.41) is 2.94. The van der Waals surface area contributed by atoms with E-state index in [4.69, 9.17) is 15.2 Å². The lowest BCUT2D eigenvalue weighted by Crippen LogP contribution is -2.44. The molecule has 0 aliphatic heterocycles. The minimum atomic E-state index is -0.0404. The molecule has 0 aliphatic rings. The van der Waals surface area contributed by atoms with Crippen molar-refractivity contribution in [2.24, 2.45) is 11.7 Å². The maximum Gasteiger partial charge on any atom is 0.224 e. The first-order valence-corrected chi connectivity index (χ1v) is 6.72. The zero-order chi connectivity index (χ0) is 15.1. The highest BCUT2D eigenvalue weighted by Crippen LogP contribution is 2.27. The van der Waals surface area contributed by atoms with Crippen LogP contribution in [0.3, 0.4) is 0 Å². The molecule has 0 saturated carbocycles. The Morgan fingerprint density at radius 1 is 1.25 bits per heavy atom. The molecule has 5 heteroatoms. The smallest absolute Gasteiger partial charge is 0.224 e. The fourth-order valence-corrected chi connectivity index (χ4v) is 1.93. The fourth-order valence-electron chi connectivity index (χ4n) is 1.93. The van der Waals surface area contributed by atoms with Crippen molar-refractivity contribution in [3.63, 3.8) is 0 Å². The molecule has 5 nitrogen and oxygen atoms in total.